The number of hydrogen-bond donors (Lipinski definition) is 1. The average molecular weight is 442 g/mol. The van der Waals surface area contributed by atoms with Crippen LogP contribution < -0.4 is 0 Å². The van der Waals surface area contributed by atoms with E-state index in [1.165, 1.54) is 17.7 Å². The van der Waals surface area contributed by atoms with E-state index in [2.05, 4.69) is 19.6 Å². The topological polar surface area (TPSA) is 59.0 Å². The van der Waals surface area contributed by atoms with E-state index in [1.54, 1.807) is 23.1 Å². The summed E-state index contributed by atoms with van der Waals surface area (Å²) in [5.41, 5.74) is 3.34. The van der Waals surface area contributed by atoms with Crippen molar-refractivity contribution >= 4 is 6.41 Å². The van der Waals surface area contributed by atoms with Gasteiger partial charge < -0.3 is 19.5 Å². The molecule has 2 aromatic carbocycles. The van der Waals surface area contributed by atoms with Crippen LogP contribution in [0.1, 0.15) is 42.5 Å². The normalized spacial score (nSPS) is 23.3. The highest BCUT2D eigenvalue weighted by Crippen LogP contribution is 2.34. The molecule has 5 nitrogen and oxygen atoms in total. The molecule has 4 rings (SSSR count). The number of hydrogen-bond acceptors (Lipinski definition) is 4. The summed E-state index contributed by atoms with van der Waals surface area (Å²) in [6.07, 6.45) is 5.62. The summed E-state index contributed by atoms with van der Waals surface area (Å²) < 4.78 is 24.0. The van der Waals surface area contributed by atoms with Gasteiger partial charge in [-0.05, 0) is 55.0 Å². The summed E-state index contributed by atoms with van der Waals surface area (Å²) in [7, 11) is 0. The van der Waals surface area contributed by atoms with Gasteiger partial charge in [-0.25, -0.2) is 4.39 Å². The lowest BCUT2D eigenvalue weighted by atomic mass is 9.88. The van der Waals surface area contributed by atoms with Crippen molar-refractivity contribution in [3.05, 3.63) is 83.7 Å². The van der Waals surface area contributed by atoms with Crippen LogP contribution in [0.25, 0.3) is 0 Å². The molecule has 2 aromatic rings. The van der Waals surface area contributed by atoms with E-state index in [4.69, 9.17) is 14.6 Å². The van der Waals surface area contributed by atoms with Crippen molar-refractivity contribution in [1.82, 2.24) is 4.90 Å². The average Bonchev–Trinajstić information content (AvgIpc) is 2.84. The summed E-state index contributed by atoms with van der Waals surface area (Å²) in [6.45, 7) is 6.97. The van der Waals surface area contributed by atoms with Crippen molar-refractivity contribution in [1.29, 1.82) is 0 Å². The second-order valence-electron chi connectivity index (χ2n) is 8.18. The highest BCUT2D eigenvalue weighted by atomic mass is 19.1. The number of aliphatic hydroxyl groups is 1. The molecule has 172 valence electrons. The van der Waals surface area contributed by atoms with E-state index in [1.807, 2.05) is 18.2 Å². The highest BCUT2D eigenvalue weighted by molar-refractivity contribution is 5.54. The first-order valence-corrected chi connectivity index (χ1v) is 11.1. The van der Waals surface area contributed by atoms with Gasteiger partial charge in [0.1, 0.15) is 5.82 Å². The van der Waals surface area contributed by atoms with Crippen LogP contribution in [0.3, 0.4) is 0 Å². The number of aliphatic hydroxyl groups excluding tert-OH is 1. The summed E-state index contributed by atoms with van der Waals surface area (Å²) in [5.74, 6) is -0.259. The Labute approximate surface area is 189 Å². The first kappa shape index (κ1) is 24.1. The number of rotatable bonds is 6. The second kappa shape index (κ2) is 11.9. The van der Waals surface area contributed by atoms with Crippen LogP contribution in [0.2, 0.25) is 0 Å². The molecule has 0 bridgehead atoms. The maximum absolute atomic E-state index is 13.0. The molecular weight excluding hydrogens is 409 g/mol. The van der Waals surface area contributed by atoms with Crippen LogP contribution in [0, 0.1) is 5.82 Å². The van der Waals surface area contributed by atoms with E-state index in [0.29, 0.717) is 19.3 Å². The largest absolute Gasteiger partial charge is 0.393 e. The fraction of sp³-hybridized carbons (Fsp3) is 0.423. The third-order valence-corrected chi connectivity index (χ3v) is 5.91. The van der Waals surface area contributed by atoms with Crippen molar-refractivity contribution in [2.24, 2.45) is 0 Å². The Morgan fingerprint density at radius 1 is 1.25 bits per heavy atom. The van der Waals surface area contributed by atoms with E-state index in [9.17, 15) is 9.18 Å². The van der Waals surface area contributed by atoms with Gasteiger partial charge in [0.2, 0.25) is 6.41 Å². The Hall–Kier alpha value is -2.54. The Balaban J connectivity index is 0.000000195. The van der Waals surface area contributed by atoms with Crippen LogP contribution in [0.5, 0.6) is 0 Å². The standard InChI is InChI=1S/C16H14FNO.C10H18O3/c17-14-7-5-13(6-8-14)16-15-4-2-1-3-12(15)9-10-18(16)11-19;1-3-9(6-11)13-10-5-4-8(2)12-7-10/h1-8,11,16H,9-10H2;3,8-11H,1,4-7H2,2H3/t16-;8?,9-,10?/m01/s1. The lowest BCUT2D eigenvalue weighted by molar-refractivity contribution is -0.119. The monoisotopic (exact) mass is 441 g/mol. The Morgan fingerprint density at radius 3 is 2.62 bits per heavy atom. The maximum atomic E-state index is 13.0. The number of benzene rings is 2. The molecular formula is C26H32FNO4. The van der Waals surface area contributed by atoms with E-state index >= 15 is 0 Å². The van der Waals surface area contributed by atoms with Crippen LogP contribution >= 0.6 is 0 Å². The molecule has 32 heavy (non-hydrogen) atoms. The fourth-order valence-corrected chi connectivity index (χ4v) is 4.10. The summed E-state index contributed by atoms with van der Waals surface area (Å²) in [5, 5.41) is 8.87. The zero-order chi connectivity index (χ0) is 22.9. The molecule has 2 unspecified atom stereocenters. The van der Waals surface area contributed by atoms with Gasteiger partial charge in [-0.3, -0.25) is 4.79 Å². The molecule has 4 atom stereocenters. The quantitative estimate of drug-likeness (QED) is 0.543. The minimum atomic E-state index is -0.259. The van der Waals surface area contributed by atoms with Gasteiger partial charge in [0, 0.05) is 6.54 Å². The maximum Gasteiger partial charge on any atom is 0.210 e. The van der Waals surface area contributed by atoms with Crippen molar-refractivity contribution < 1.29 is 23.8 Å². The highest BCUT2D eigenvalue weighted by Gasteiger charge is 2.27. The summed E-state index contributed by atoms with van der Waals surface area (Å²) in [4.78, 5) is 13.0. The van der Waals surface area contributed by atoms with Crippen LogP contribution in [0.15, 0.2) is 61.2 Å². The zero-order valence-electron chi connectivity index (χ0n) is 18.5. The van der Waals surface area contributed by atoms with Crippen molar-refractivity contribution in [3.8, 4) is 0 Å². The first-order valence-electron chi connectivity index (χ1n) is 11.1. The van der Waals surface area contributed by atoms with Crippen LogP contribution in [-0.2, 0) is 20.7 Å². The number of nitrogens with zero attached hydrogens (tertiary/aromatic N) is 1. The number of carbonyl (C=O) groups is 1. The van der Waals surface area contributed by atoms with Gasteiger partial charge >= 0.3 is 0 Å². The number of fused-ring (bicyclic) bond motifs is 1. The SMILES string of the molecule is C=C[C@H](CO)OC1CCC(C)OC1.O=CN1CCc2ccccc2[C@@H]1c1ccc(F)cc1. The molecule has 0 spiro atoms. The van der Waals surface area contributed by atoms with E-state index in [0.717, 1.165) is 36.8 Å². The lowest BCUT2D eigenvalue weighted by Gasteiger charge is -2.35. The third kappa shape index (κ3) is 6.25. The van der Waals surface area contributed by atoms with Gasteiger partial charge in [0.15, 0.2) is 0 Å². The van der Waals surface area contributed by atoms with Gasteiger partial charge in [0.25, 0.3) is 0 Å². The van der Waals surface area contributed by atoms with Crippen molar-refractivity contribution in [2.75, 3.05) is 19.8 Å². The molecule has 1 fully saturated rings. The summed E-state index contributed by atoms with van der Waals surface area (Å²) >= 11 is 0. The molecule has 0 aliphatic carbocycles. The van der Waals surface area contributed by atoms with Gasteiger partial charge in [0.05, 0.1) is 37.6 Å². The lowest BCUT2D eigenvalue weighted by Crippen LogP contribution is -2.34. The van der Waals surface area contributed by atoms with Crippen LogP contribution in [-0.4, -0.2) is 54.5 Å². The molecule has 1 amide bonds. The van der Waals surface area contributed by atoms with Gasteiger partial charge in [-0.1, -0.05) is 42.5 Å². The Morgan fingerprint density at radius 2 is 2.00 bits per heavy atom. The number of ether oxygens (including phenoxy) is 2. The third-order valence-electron chi connectivity index (χ3n) is 5.91. The molecule has 2 aliphatic rings. The Kier molecular flexibility index (Phi) is 8.97. The van der Waals surface area contributed by atoms with Gasteiger partial charge in [-0.2, -0.15) is 0 Å². The molecule has 0 saturated carbocycles. The molecule has 1 N–H and O–H groups in total. The minimum Gasteiger partial charge on any atom is -0.393 e. The van der Waals surface area contributed by atoms with Gasteiger partial charge in [-0.15, -0.1) is 6.58 Å². The number of carbonyl (C=O) groups excluding carboxylic acids is 1. The molecule has 0 radical (unpaired) electrons. The van der Waals surface area contributed by atoms with E-state index in [-0.39, 0.29) is 30.7 Å². The predicted octanol–water partition coefficient (Wildman–Crippen LogP) is 4.05. The molecule has 1 saturated heterocycles. The Bertz CT molecular complexity index is 864. The fourth-order valence-electron chi connectivity index (χ4n) is 4.10. The van der Waals surface area contributed by atoms with Crippen molar-refractivity contribution in [2.45, 2.75) is 50.5 Å². The minimum absolute atomic E-state index is 0.00441. The van der Waals surface area contributed by atoms with E-state index < -0.39 is 0 Å². The molecule has 0 aromatic heterocycles. The first-order chi connectivity index (χ1) is 15.5. The number of amides is 1. The molecule has 6 heteroatoms. The smallest absolute Gasteiger partial charge is 0.210 e. The predicted molar refractivity (Wildman–Crippen MR) is 122 cm³/mol. The zero-order valence-corrected chi connectivity index (χ0v) is 18.5. The summed E-state index contributed by atoms with van der Waals surface area (Å²) in [6, 6.07) is 14.4. The van der Waals surface area contributed by atoms with Crippen LogP contribution in [0.4, 0.5) is 4.39 Å². The molecule has 2 aliphatic heterocycles. The van der Waals surface area contributed by atoms with Crippen molar-refractivity contribution in [3.63, 3.8) is 0 Å². The second-order valence-corrected chi connectivity index (χ2v) is 8.18. The number of halogens is 1. The molecule has 2 heterocycles.